The summed E-state index contributed by atoms with van der Waals surface area (Å²) in [6.45, 7) is 6.60. The number of carbonyl (C=O) groups excluding carboxylic acids is 1. The molecule has 0 atom stereocenters. The van der Waals surface area contributed by atoms with Gasteiger partial charge in [-0.2, -0.15) is 0 Å². The minimum Gasteiger partial charge on any atom is -0.354 e. The molecular weight excluding hydrogens is 493 g/mol. The predicted octanol–water partition coefficient (Wildman–Crippen LogP) is 6.39. The van der Waals surface area contributed by atoms with Crippen LogP contribution in [0.3, 0.4) is 0 Å². The van der Waals surface area contributed by atoms with E-state index in [0.29, 0.717) is 46.8 Å². The highest BCUT2D eigenvalue weighted by Gasteiger charge is 2.23. The fraction of sp³-hybridized carbons (Fsp3) is 0.320. The maximum absolute atomic E-state index is 12.9. The number of aryl methyl sites for hydroxylation is 2. The van der Waals surface area contributed by atoms with E-state index in [1.54, 1.807) is 23.1 Å². The lowest BCUT2D eigenvalue weighted by atomic mass is 10.0. The smallest absolute Gasteiger partial charge is 0.321 e. The van der Waals surface area contributed by atoms with Crippen LogP contribution < -0.4 is 10.2 Å². The Bertz CT molecular complexity index is 1190. The number of amides is 2. The first-order chi connectivity index (χ1) is 16.3. The van der Waals surface area contributed by atoms with Crippen molar-refractivity contribution in [1.82, 2.24) is 14.9 Å². The fourth-order valence-corrected chi connectivity index (χ4v) is 4.59. The molecule has 6 nitrogen and oxygen atoms in total. The molecule has 1 aliphatic heterocycles. The second-order valence-corrected chi connectivity index (χ2v) is 9.54. The first-order valence-electron chi connectivity index (χ1n) is 11.2. The van der Waals surface area contributed by atoms with Gasteiger partial charge in [0.05, 0.1) is 15.7 Å². The minimum atomic E-state index is -0.192. The van der Waals surface area contributed by atoms with E-state index < -0.39 is 0 Å². The molecule has 0 radical (unpaired) electrons. The van der Waals surface area contributed by atoms with Gasteiger partial charge in [0.2, 0.25) is 0 Å². The molecule has 0 aliphatic carbocycles. The van der Waals surface area contributed by atoms with Crippen molar-refractivity contribution < 1.29 is 4.79 Å². The summed E-state index contributed by atoms with van der Waals surface area (Å²) in [5.74, 6) is 1.67. The van der Waals surface area contributed by atoms with E-state index in [1.807, 2.05) is 38.1 Å². The molecule has 1 saturated heterocycles. The molecule has 2 aromatic carbocycles. The SMILES string of the molecule is Cc1nc(C)c(Cc2ccc(Cl)cc2)c(N2CCCN(C(=O)Nc3cccc(Cl)c3Cl)CC2)n1. The van der Waals surface area contributed by atoms with Crippen LogP contribution in [0.1, 0.15) is 29.1 Å². The van der Waals surface area contributed by atoms with Crippen molar-refractivity contribution in [1.29, 1.82) is 0 Å². The number of hydrogen-bond acceptors (Lipinski definition) is 4. The Labute approximate surface area is 214 Å². The Kier molecular flexibility index (Phi) is 7.81. The summed E-state index contributed by atoms with van der Waals surface area (Å²) in [6.07, 6.45) is 1.53. The summed E-state index contributed by atoms with van der Waals surface area (Å²) >= 11 is 18.4. The number of nitrogens with zero attached hydrogens (tertiary/aromatic N) is 4. The molecule has 2 amide bonds. The van der Waals surface area contributed by atoms with Gasteiger partial charge in [0.25, 0.3) is 0 Å². The number of nitrogens with one attached hydrogen (secondary N) is 1. The second kappa shape index (κ2) is 10.8. The Morgan fingerprint density at radius 1 is 0.971 bits per heavy atom. The fourth-order valence-electron chi connectivity index (χ4n) is 4.12. The van der Waals surface area contributed by atoms with Gasteiger partial charge in [0.1, 0.15) is 11.6 Å². The van der Waals surface area contributed by atoms with Crippen LogP contribution in [-0.4, -0.2) is 47.1 Å². The number of halogens is 3. The van der Waals surface area contributed by atoms with Gasteiger partial charge in [0, 0.05) is 48.9 Å². The van der Waals surface area contributed by atoms with E-state index >= 15 is 0 Å². The van der Waals surface area contributed by atoms with Crippen LogP contribution in [0.15, 0.2) is 42.5 Å². The van der Waals surface area contributed by atoms with Crippen molar-refractivity contribution >= 4 is 52.3 Å². The van der Waals surface area contributed by atoms with Crippen molar-refractivity contribution in [2.24, 2.45) is 0 Å². The highest BCUT2D eigenvalue weighted by atomic mass is 35.5. The molecule has 4 rings (SSSR count). The third-order valence-electron chi connectivity index (χ3n) is 5.87. The highest BCUT2D eigenvalue weighted by molar-refractivity contribution is 6.43. The number of benzene rings is 2. The number of urea groups is 1. The molecule has 1 aromatic heterocycles. The van der Waals surface area contributed by atoms with Gasteiger partial charge in [-0.15, -0.1) is 0 Å². The van der Waals surface area contributed by atoms with Gasteiger partial charge in [-0.05, 0) is 50.1 Å². The standard InChI is InChI=1S/C25H26Cl3N5O/c1-16-20(15-18-7-9-19(26)10-8-18)24(30-17(2)29-16)32-11-4-12-33(14-13-32)25(34)31-22-6-3-5-21(27)23(22)28/h3,5-10H,4,11-15H2,1-2H3,(H,31,34). The normalized spacial score (nSPS) is 14.1. The van der Waals surface area contributed by atoms with Crippen molar-refractivity contribution in [3.05, 3.63) is 80.2 Å². The maximum atomic E-state index is 12.9. The molecule has 1 fully saturated rings. The number of rotatable bonds is 4. The maximum Gasteiger partial charge on any atom is 0.321 e. The molecule has 9 heteroatoms. The van der Waals surface area contributed by atoms with E-state index in [-0.39, 0.29) is 6.03 Å². The van der Waals surface area contributed by atoms with E-state index in [9.17, 15) is 4.79 Å². The van der Waals surface area contributed by atoms with Crippen LogP contribution in [0.5, 0.6) is 0 Å². The summed E-state index contributed by atoms with van der Waals surface area (Å²) < 4.78 is 0. The zero-order chi connectivity index (χ0) is 24.2. The quantitative estimate of drug-likeness (QED) is 0.435. The molecular formula is C25H26Cl3N5O. The average Bonchev–Trinajstić information content (AvgIpc) is 3.06. The van der Waals surface area contributed by atoms with Gasteiger partial charge in [0.15, 0.2) is 0 Å². The zero-order valence-corrected chi connectivity index (χ0v) is 21.4. The third kappa shape index (κ3) is 5.74. The van der Waals surface area contributed by atoms with Gasteiger partial charge < -0.3 is 15.1 Å². The van der Waals surface area contributed by atoms with Gasteiger partial charge in [-0.25, -0.2) is 14.8 Å². The summed E-state index contributed by atoms with van der Waals surface area (Å²) in [5.41, 5.74) is 3.71. The topological polar surface area (TPSA) is 61.4 Å². The molecule has 3 aromatic rings. The molecule has 0 unspecified atom stereocenters. The monoisotopic (exact) mass is 517 g/mol. The molecule has 34 heavy (non-hydrogen) atoms. The Hall–Kier alpha value is -2.54. The van der Waals surface area contributed by atoms with Crippen LogP contribution in [0, 0.1) is 13.8 Å². The summed E-state index contributed by atoms with van der Waals surface area (Å²) in [6, 6.07) is 12.9. The predicted molar refractivity (Wildman–Crippen MR) is 140 cm³/mol. The van der Waals surface area contributed by atoms with Crippen LogP contribution in [0.2, 0.25) is 15.1 Å². The van der Waals surface area contributed by atoms with Crippen LogP contribution in [0.25, 0.3) is 0 Å². The van der Waals surface area contributed by atoms with Crippen LogP contribution in [0.4, 0.5) is 16.3 Å². The van der Waals surface area contributed by atoms with Crippen LogP contribution in [-0.2, 0) is 6.42 Å². The lowest BCUT2D eigenvalue weighted by Crippen LogP contribution is -2.38. The average molecular weight is 519 g/mol. The van der Waals surface area contributed by atoms with E-state index in [2.05, 4.69) is 15.2 Å². The van der Waals surface area contributed by atoms with Gasteiger partial charge in [-0.3, -0.25) is 0 Å². The van der Waals surface area contributed by atoms with Crippen molar-refractivity contribution in [2.75, 3.05) is 36.4 Å². The van der Waals surface area contributed by atoms with Crippen molar-refractivity contribution in [2.45, 2.75) is 26.7 Å². The number of hydrogen-bond donors (Lipinski definition) is 1. The third-order valence-corrected chi connectivity index (χ3v) is 6.94. The molecule has 0 spiro atoms. The number of anilines is 2. The molecule has 1 aliphatic rings. The van der Waals surface area contributed by atoms with Crippen molar-refractivity contribution in [3.8, 4) is 0 Å². The largest absolute Gasteiger partial charge is 0.354 e. The van der Waals surface area contributed by atoms with Crippen molar-refractivity contribution in [3.63, 3.8) is 0 Å². The minimum absolute atomic E-state index is 0.192. The Morgan fingerprint density at radius 2 is 1.74 bits per heavy atom. The second-order valence-electron chi connectivity index (χ2n) is 8.32. The first kappa shape index (κ1) is 24.6. The summed E-state index contributed by atoms with van der Waals surface area (Å²) in [4.78, 5) is 26.4. The van der Waals surface area contributed by atoms with E-state index in [0.717, 1.165) is 41.4 Å². The van der Waals surface area contributed by atoms with E-state index in [4.69, 9.17) is 39.8 Å². The van der Waals surface area contributed by atoms with E-state index in [1.165, 1.54) is 0 Å². The number of carbonyl (C=O) groups is 1. The zero-order valence-electron chi connectivity index (χ0n) is 19.1. The van der Waals surface area contributed by atoms with Gasteiger partial charge in [-0.1, -0.05) is 53.0 Å². The Morgan fingerprint density at radius 3 is 2.50 bits per heavy atom. The molecule has 178 valence electrons. The molecule has 2 heterocycles. The first-order valence-corrected chi connectivity index (χ1v) is 12.3. The molecule has 0 saturated carbocycles. The lowest BCUT2D eigenvalue weighted by Gasteiger charge is -2.26. The molecule has 0 bridgehead atoms. The highest BCUT2D eigenvalue weighted by Crippen LogP contribution is 2.30. The summed E-state index contributed by atoms with van der Waals surface area (Å²) in [5, 5.41) is 4.35. The van der Waals surface area contributed by atoms with Crippen LogP contribution >= 0.6 is 34.8 Å². The lowest BCUT2D eigenvalue weighted by molar-refractivity contribution is 0.215. The van der Waals surface area contributed by atoms with Gasteiger partial charge >= 0.3 is 6.03 Å². The number of aromatic nitrogens is 2. The Balaban J connectivity index is 1.51. The molecule has 1 N–H and O–H groups in total. The summed E-state index contributed by atoms with van der Waals surface area (Å²) in [7, 11) is 0.